The number of carbonyl (C=O) groups is 1. The number of urea groups is 1. The molecule has 1 N–H and O–H groups in total. The van der Waals surface area contributed by atoms with Crippen LogP contribution in [0.15, 0.2) is 46.0 Å². The first-order valence-corrected chi connectivity index (χ1v) is 13.1. The maximum Gasteiger partial charge on any atom is 0.417 e. The molecule has 0 aliphatic carbocycles. The minimum absolute atomic E-state index is 0.116. The first kappa shape index (κ1) is 28.6. The molecule has 0 spiro atoms. The average Bonchev–Trinajstić information content (AvgIpc) is 3.10. The third-order valence-corrected chi connectivity index (χ3v) is 7.34. The summed E-state index contributed by atoms with van der Waals surface area (Å²) in [5.41, 5.74) is -1.67. The van der Waals surface area contributed by atoms with E-state index in [1.54, 1.807) is 11.8 Å². The Kier molecular flexibility index (Phi) is 8.61. The number of amides is 2. The molecule has 0 saturated heterocycles. The Bertz CT molecular complexity index is 1170. The topological polar surface area (TPSA) is 44.7 Å². The van der Waals surface area contributed by atoms with E-state index in [0.717, 1.165) is 41.4 Å². The standard InChI is InChI=1S/C23H21BrClF6N3OS/c1-21(8-3-9-36-2)12-34(20(35)32-14-5-7-15(17(24)11-14)22(26,27)28)33-19(21)13-4-6-16(18(25)10-13)23(29,30)31/h4-7,10-11H,3,8-9,12H2,1-2H3,(H,32,35). The molecule has 2 aromatic carbocycles. The molecule has 1 aliphatic rings. The van der Waals surface area contributed by atoms with E-state index < -0.39 is 39.9 Å². The minimum Gasteiger partial charge on any atom is -0.306 e. The monoisotopic (exact) mass is 615 g/mol. The van der Waals surface area contributed by atoms with Crippen LogP contribution >= 0.6 is 39.3 Å². The Morgan fingerprint density at radius 3 is 2.33 bits per heavy atom. The normalized spacial score (nSPS) is 18.4. The Morgan fingerprint density at radius 2 is 1.78 bits per heavy atom. The molecule has 0 bridgehead atoms. The van der Waals surface area contributed by atoms with E-state index in [9.17, 15) is 31.1 Å². The molecule has 0 radical (unpaired) electrons. The number of benzene rings is 2. The van der Waals surface area contributed by atoms with Crippen LogP contribution in [-0.4, -0.2) is 35.3 Å². The quantitative estimate of drug-likeness (QED) is 0.261. The molecule has 36 heavy (non-hydrogen) atoms. The molecule has 0 aromatic heterocycles. The minimum atomic E-state index is -4.61. The molecule has 0 fully saturated rings. The van der Waals surface area contributed by atoms with Gasteiger partial charge in [0.15, 0.2) is 0 Å². The number of anilines is 1. The van der Waals surface area contributed by atoms with Gasteiger partial charge in [0.1, 0.15) is 0 Å². The van der Waals surface area contributed by atoms with Crippen LogP contribution < -0.4 is 5.32 Å². The van der Waals surface area contributed by atoms with E-state index >= 15 is 0 Å². The first-order chi connectivity index (χ1) is 16.7. The van der Waals surface area contributed by atoms with Crippen molar-refractivity contribution in [3.8, 4) is 0 Å². The maximum atomic E-state index is 13.2. The number of carbonyl (C=O) groups excluding carboxylic acids is 1. The third kappa shape index (κ3) is 6.49. The summed E-state index contributed by atoms with van der Waals surface area (Å²) in [6.07, 6.45) is -5.86. The Labute approximate surface area is 221 Å². The number of alkyl halides is 6. The van der Waals surface area contributed by atoms with E-state index in [2.05, 4.69) is 26.3 Å². The Balaban J connectivity index is 1.90. The molecule has 13 heteroatoms. The molecule has 2 amide bonds. The van der Waals surface area contributed by atoms with Crippen LogP contribution in [0.2, 0.25) is 5.02 Å². The highest BCUT2D eigenvalue weighted by molar-refractivity contribution is 9.10. The van der Waals surface area contributed by atoms with E-state index in [4.69, 9.17) is 11.6 Å². The second-order valence-electron chi connectivity index (χ2n) is 8.48. The van der Waals surface area contributed by atoms with Crippen molar-refractivity contribution < 1.29 is 31.1 Å². The summed E-state index contributed by atoms with van der Waals surface area (Å²) in [6, 6.07) is 5.75. The Morgan fingerprint density at radius 1 is 1.14 bits per heavy atom. The number of nitrogens with zero attached hydrogens (tertiary/aromatic N) is 2. The van der Waals surface area contributed by atoms with Crippen molar-refractivity contribution in [1.82, 2.24) is 5.01 Å². The van der Waals surface area contributed by atoms with Crippen LogP contribution in [0.25, 0.3) is 0 Å². The van der Waals surface area contributed by atoms with Gasteiger partial charge in [-0.05, 0) is 60.7 Å². The van der Waals surface area contributed by atoms with Crippen LogP contribution in [0.3, 0.4) is 0 Å². The van der Waals surface area contributed by atoms with E-state index in [1.807, 2.05) is 13.2 Å². The lowest BCUT2D eigenvalue weighted by Crippen LogP contribution is -2.36. The molecule has 1 atom stereocenters. The number of hydrazone groups is 1. The molecule has 3 rings (SSSR count). The van der Waals surface area contributed by atoms with Crippen molar-refractivity contribution in [1.29, 1.82) is 0 Å². The van der Waals surface area contributed by atoms with E-state index in [-0.39, 0.29) is 16.7 Å². The van der Waals surface area contributed by atoms with Crippen LogP contribution in [0.1, 0.15) is 36.5 Å². The average molecular weight is 617 g/mol. The summed E-state index contributed by atoms with van der Waals surface area (Å²) in [5.74, 6) is 0.836. The van der Waals surface area contributed by atoms with Gasteiger partial charge in [0, 0.05) is 15.6 Å². The fourth-order valence-electron chi connectivity index (χ4n) is 3.91. The maximum absolute atomic E-state index is 13.2. The smallest absolute Gasteiger partial charge is 0.306 e. The SMILES string of the molecule is CSCCCC1(C)CN(C(=O)Nc2ccc(C(F)(F)F)c(Br)c2)N=C1c1ccc(C(F)(F)F)c(Cl)c1. The zero-order valence-electron chi connectivity index (χ0n) is 19.0. The molecular formula is C23H21BrClF6N3OS. The molecule has 196 valence electrons. The number of hydrogen-bond acceptors (Lipinski definition) is 3. The summed E-state index contributed by atoms with van der Waals surface area (Å²) in [5, 5.41) is 7.57. The molecular weight excluding hydrogens is 596 g/mol. The highest BCUT2D eigenvalue weighted by Gasteiger charge is 2.42. The fraction of sp³-hybridized carbons (Fsp3) is 0.391. The number of hydrogen-bond donors (Lipinski definition) is 1. The number of nitrogens with one attached hydrogen (secondary N) is 1. The summed E-state index contributed by atoms with van der Waals surface area (Å²) >= 11 is 10.4. The van der Waals surface area contributed by atoms with Crippen LogP contribution in [0, 0.1) is 5.41 Å². The van der Waals surface area contributed by atoms with Crippen molar-refractivity contribution >= 4 is 56.7 Å². The highest BCUT2D eigenvalue weighted by Crippen LogP contribution is 2.40. The molecule has 1 aliphatic heterocycles. The number of halogens is 8. The van der Waals surface area contributed by atoms with Gasteiger partial charge in [0.25, 0.3) is 0 Å². The highest BCUT2D eigenvalue weighted by atomic mass is 79.9. The van der Waals surface area contributed by atoms with Gasteiger partial charge in [0.2, 0.25) is 0 Å². The molecule has 4 nitrogen and oxygen atoms in total. The summed E-state index contributed by atoms with van der Waals surface area (Å²) in [4.78, 5) is 12.9. The number of thioether (sulfide) groups is 1. The van der Waals surface area contributed by atoms with Gasteiger partial charge in [-0.3, -0.25) is 0 Å². The lowest BCUT2D eigenvalue weighted by molar-refractivity contribution is -0.138. The van der Waals surface area contributed by atoms with Gasteiger partial charge >= 0.3 is 18.4 Å². The molecule has 0 saturated carbocycles. The summed E-state index contributed by atoms with van der Waals surface area (Å²) in [7, 11) is 0. The van der Waals surface area contributed by atoms with Gasteiger partial charge in [0.05, 0.1) is 28.4 Å². The van der Waals surface area contributed by atoms with Crippen LogP contribution in [0.5, 0.6) is 0 Å². The molecule has 1 heterocycles. The van der Waals surface area contributed by atoms with Gasteiger partial charge in [-0.2, -0.15) is 43.2 Å². The predicted octanol–water partition coefficient (Wildman–Crippen LogP) is 8.54. The van der Waals surface area contributed by atoms with Crippen molar-refractivity contribution in [3.63, 3.8) is 0 Å². The first-order valence-electron chi connectivity index (χ1n) is 10.6. The van der Waals surface area contributed by atoms with Crippen molar-refractivity contribution in [2.45, 2.75) is 32.1 Å². The molecule has 1 unspecified atom stereocenters. The second-order valence-corrected chi connectivity index (χ2v) is 10.7. The van der Waals surface area contributed by atoms with Crippen molar-refractivity contribution in [2.24, 2.45) is 10.5 Å². The molecule has 2 aromatic rings. The lowest BCUT2D eigenvalue weighted by Gasteiger charge is -2.26. The Hall–Kier alpha value is -1.92. The van der Waals surface area contributed by atoms with E-state index in [0.29, 0.717) is 17.7 Å². The summed E-state index contributed by atoms with van der Waals surface area (Å²) < 4.78 is 78.3. The summed E-state index contributed by atoms with van der Waals surface area (Å²) in [6.45, 7) is 1.99. The largest absolute Gasteiger partial charge is 0.417 e. The van der Waals surface area contributed by atoms with Gasteiger partial charge in [-0.25, -0.2) is 9.80 Å². The zero-order chi connectivity index (χ0) is 26.9. The number of rotatable bonds is 6. The fourth-order valence-corrected chi connectivity index (χ4v) is 5.24. The van der Waals surface area contributed by atoms with Crippen LogP contribution in [-0.2, 0) is 12.4 Å². The van der Waals surface area contributed by atoms with Crippen molar-refractivity contribution in [2.75, 3.05) is 23.9 Å². The third-order valence-electron chi connectivity index (χ3n) is 5.68. The predicted molar refractivity (Wildman–Crippen MR) is 134 cm³/mol. The van der Waals surface area contributed by atoms with Crippen molar-refractivity contribution in [3.05, 3.63) is 62.6 Å². The van der Waals surface area contributed by atoms with Crippen LogP contribution in [0.4, 0.5) is 36.8 Å². The van der Waals surface area contributed by atoms with Gasteiger partial charge in [-0.1, -0.05) is 40.5 Å². The zero-order valence-corrected chi connectivity index (χ0v) is 22.2. The van der Waals surface area contributed by atoms with E-state index in [1.165, 1.54) is 12.1 Å². The lowest BCUT2D eigenvalue weighted by atomic mass is 9.78. The van der Waals surface area contributed by atoms with Gasteiger partial charge < -0.3 is 5.32 Å². The second kappa shape index (κ2) is 10.8. The van der Waals surface area contributed by atoms with Gasteiger partial charge in [-0.15, -0.1) is 0 Å².